The van der Waals surface area contributed by atoms with Gasteiger partial charge in [0.2, 0.25) is 0 Å². The summed E-state index contributed by atoms with van der Waals surface area (Å²) in [6.45, 7) is 8.48. The number of thiophene rings is 1. The van der Waals surface area contributed by atoms with Crippen molar-refractivity contribution in [1.82, 2.24) is 4.90 Å². The first-order valence-corrected chi connectivity index (χ1v) is 13.8. The van der Waals surface area contributed by atoms with Crippen LogP contribution in [0, 0.1) is 5.92 Å². The Morgan fingerprint density at radius 3 is 2.52 bits per heavy atom. The van der Waals surface area contributed by atoms with E-state index in [1.54, 1.807) is 11.3 Å². The molecule has 0 N–H and O–H groups in total. The van der Waals surface area contributed by atoms with Gasteiger partial charge in [-0.3, -0.25) is 4.90 Å². The molecule has 0 radical (unpaired) electrons. The molecule has 4 aliphatic rings. The van der Waals surface area contributed by atoms with Crippen LogP contribution in [0.2, 0.25) is 4.34 Å². The van der Waals surface area contributed by atoms with Gasteiger partial charge in [-0.15, -0.1) is 11.3 Å². The van der Waals surface area contributed by atoms with Crippen LogP contribution in [0.25, 0.3) is 0 Å². The van der Waals surface area contributed by atoms with Crippen molar-refractivity contribution in [1.29, 1.82) is 0 Å². The number of halogens is 1. The maximum absolute atomic E-state index is 13.9. The average Bonchev–Trinajstić information content (AvgIpc) is 3.29. The van der Waals surface area contributed by atoms with Crippen molar-refractivity contribution in [3.63, 3.8) is 0 Å². The molecule has 1 aromatic heterocycles. The molecule has 6 rings (SSSR count). The molecule has 2 bridgehead atoms. The van der Waals surface area contributed by atoms with Gasteiger partial charge in [0, 0.05) is 30.1 Å². The molecule has 0 amide bonds. The van der Waals surface area contributed by atoms with Crippen LogP contribution in [0.1, 0.15) is 49.5 Å². The van der Waals surface area contributed by atoms with Crippen molar-refractivity contribution in [3.05, 3.63) is 57.2 Å². The van der Waals surface area contributed by atoms with E-state index in [1.165, 1.54) is 24.4 Å². The highest BCUT2D eigenvalue weighted by atomic mass is 35.5. The summed E-state index contributed by atoms with van der Waals surface area (Å²) in [6.07, 6.45) is 6.95. The molecule has 178 valence electrons. The molecule has 33 heavy (non-hydrogen) atoms. The van der Waals surface area contributed by atoms with E-state index in [1.807, 2.05) is 24.3 Å². The maximum Gasteiger partial charge on any atom is 0.331 e. The van der Waals surface area contributed by atoms with E-state index in [9.17, 15) is 4.79 Å². The van der Waals surface area contributed by atoms with E-state index in [0.717, 1.165) is 72.7 Å². The number of carbonyl (C=O) groups excluding carboxylic acids is 1. The molecule has 0 spiro atoms. The maximum atomic E-state index is 13.9. The number of nitrogens with zero attached hydrogens (tertiary/aromatic N) is 2. The SMILES string of the molecule is C[C@@](C(=O)O[C@@H]1C[N+]2(CCc3ccc(Cl)s3)CCC1CC2)(c1ccccc1)N1CCCCC1. The minimum Gasteiger partial charge on any atom is -0.454 e. The number of likely N-dealkylation sites (tertiary alicyclic amines) is 1. The summed E-state index contributed by atoms with van der Waals surface area (Å²) in [5, 5.41) is 0. The van der Waals surface area contributed by atoms with Crippen LogP contribution in [0.5, 0.6) is 0 Å². The Morgan fingerprint density at radius 2 is 1.85 bits per heavy atom. The van der Waals surface area contributed by atoms with Gasteiger partial charge in [-0.2, -0.15) is 0 Å². The second-order valence-electron chi connectivity index (χ2n) is 10.4. The van der Waals surface area contributed by atoms with Crippen molar-refractivity contribution in [3.8, 4) is 0 Å². The lowest BCUT2D eigenvalue weighted by atomic mass is 9.82. The van der Waals surface area contributed by atoms with Gasteiger partial charge in [0.1, 0.15) is 12.1 Å². The Bertz CT molecular complexity index is 950. The van der Waals surface area contributed by atoms with Gasteiger partial charge in [0.25, 0.3) is 0 Å². The zero-order chi connectivity index (χ0) is 22.9. The fourth-order valence-electron chi connectivity index (χ4n) is 6.29. The molecule has 1 aromatic carbocycles. The highest BCUT2D eigenvalue weighted by Gasteiger charge is 2.50. The highest BCUT2D eigenvalue weighted by molar-refractivity contribution is 7.16. The number of benzene rings is 1. The first-order valence-electron chi connectivity index (χ1n) is 12.6. The van der Waals surface area contributed by atoms with Crippen LogP contribution in [0.4, 0.5) is 0 Å². The topological polar surface area (TPSA) is 29.5 Å². The number of fused-ring (bicyclic) bond motifs is 3. The molecular weight excluding hydrogens is 452 g/mol. The third kappa shape index (κ3) is 4.75. The molecule has 4 saturated heterocycles. The number of carbonyl (C=O) groups is 1. The number of esters is 1. The largest absolute Gasteiger partial charge is 0.454 e. The first kappa shape index (κ1) is 23.3. The summed E-state index contributed by atoms with van der Waals surface area (Å²) in [4.78, 5) is 17.6. The predicted octanol–water partition coefficient (Wildman–Crippen LogP) is 5.50. The molecular formula is C27H36ClN2O2S+. The minimum absolute atomic E-state index is 0.0275. The molecule has 0 saturated carbocycles. The van der Waals surface area contributed by atoms with Crippen LogP contribution in [-0.2, 0) is 21.5 Å². The molecule has 6 heteroatoms. The van der Waals surface area contributed by atoms with E-state index in [-0.39, 0.29) is 12.1 Å². The monoisotopic (exact) mass is 487 g/mol. The number of quaternary nitrogens is 1. The predicted molar refractivity (Wildman–Crippen MR) is 135 cm³/mol. The summed E-state index contributed by atoms with van der Waals surface area (Å²) >= 11 is 7.84. The Kier molecular flexibility index (Phi) is 6.86. The van der Waals surface area contributed by atoms with Gasteiger partial charge in [0.15, 0.2) is 6.10 Å². The lowest BCUT2D eigenvalue weighted by Crippen LogP contribution is -2.65. The molecule has 4 aliphatic heterocycles. The second-order valence-corrected chi connectivity index (χ2v) is 12.2. The molecule has 2 aromatic rings. The van der Waals surface area contributed by atoms with Crippen molar-refractivity contribution < 1.29 is 14.0 Å². The Morgan fingerprint density at radius 1 is 1.12 bits per heavy atom. The number of hydrogen-bond donors (Lipinski definition) is 0. The summed E-state index contributed by atoms with van der Waals surface area (Å²) in [5.41, 5.74) is 0.336. The van der Waals surface area contributed by atoms with E-state index in [2.05, 4.69) is 30.0 Å². The molecule has 4 fully saturated rings. The first-order chi connectivity index (χ1) is 16.0. The van der Waals surface area contributed by atoms with Crippen molar-refractivity contribution in [2.75, 3.05) is 39.3 Å². The number of hydrogen-bond acceptors (Lipinski definition) is 4. The van der Waals surface area contributed by atoms with Gasteiger partial charge >= 0.3 is 5.97 Å². The summed E-state index contributed by atoms with van der Waals surface area (Å²) in [5.74, 6) is 0.448. The smallest absolute Gasteiger partial charge is 0.331 e. The number of piperidine rings is 4. The number of ether oxygens (including phenoxy) is 1. The number of rotatable bonds is 7. The van der Waals surface area contributed by atoms with Crippen molar-refractivity contribution in [2.24, 2.45) is 5.92 Å². The fraction of sp³-hybridized carbons (Fsp3) is 0.593. The zero-order valence-corrected chi connectivity index (χ0v) is 21.3. The Hall–Kier alpha value is -1.40. The van der Waals surface area contributed by atoms with Crippen LogP contribution < -0.4 is 0 Å². The lowest BCUT2D eigenvalue weighted by Gasteiger charge is -2.52. The zero-order valence-electron chi connectivity index (χ0n) is 19.7. The quantitative estimate of drug-likeness (QED) is 0.381. The standard InChI is InChI=1S/C27H36ClN2O2S/c1-27(22-8-4-2-5-9-22,29-15-6-3-7-16-29)26(31)32-24-20-30(17-12-21(24)13-18-30)19-14-23-10-11-25(28)33-23/h2,4-5,8-11,21,24H,3,6-7,12-20H2,1H3/q+1/t21?,24-,27+,30?/m1/s1. The average molecular weight is 488 g/mol. The highest BCUT2D eigenvalue weighted by Crippen LogP contribution is 2.39. The third-order valence-corrected chi connectivity index (χ3v) is 9.77. The van der Waals surface area contributed by atoms with Crippen molar-refractivity contribution in [2.45, 2.75) is 57.1 Å². The van der Waals surface area contributed by atoms with Crippen molar-refractivity contribution >= 4 is 28.9 Å². The Labute approximate surface area is 207 Å². The van der Waals surface area contributed by atoms with Gasteiger partial charge < -0.3 is 9.22 Å². The van der Waals surface area contributed by atoms with Gasteiger partial charge in [0.05, 0.1) is 24.0 Å². The third-order valence-electron chi connectivity index (χ3n) is 8.48. The van der Waals surface area contributed by atoms with Gasteiger partial charge in [-0.05, 0) is 50.6 Å². The van der Waals surface area contributed by atoms with Crippen LogP contribution in [0.3, 0.4) is 0 Å². The van der Waals surface area contributed by atoms with Crippen LogP contribution in [-0.4, -0.2) is 60.7 Å². The summed E-state index contributed by atoms with van der Waals surface area (Å²) < 4.78 is 8.41. The Balaban J connectivity index is 1.32. The summed E-state index contributed by atoms with van der Waals surface area (Å²) in [7, 11) is 0. The van der Waals surface area contributed by atoms with Gasteiger partial charge in [-0.1, -0.05) is 48.4 Å². The van der Waals surface area contributed by atoms with E-state index in [0.29, 0.717) is 5.92 Å². The second kappa shape index (κ2) is 9.69. The van der Waals surface area contributed by atoms with Gasteiger partial charge in [-0.25, -0.2) is 4.79 Å². The van der Waals surface area contributed by atoms with Crippen LogP contribution >= 0.6 is 22.9 Å². The summed E-state index contributed by atoms with van der Waals surface area (Å²) in [6, 6.07) is 14.4. The molecule has 2 atom stereocenters. The fourth-order valence-corrected chi connectivity index (χ4v) is 7.36. The normalized spacial score (nSPS) is 29.5. The molecule has 0 aliphatic carbocycles. The minimum atomic E-state index is -0.716. The molecule has 5 heterocycles. The molecule has 0 unspecified atom stereocenters. The molecule has 4 nitrogen and oxygen atoms in total. The van der Waals surface area contributed by atoms with Crippen LogP contribution in [0.15, 0.2) is 42.5 Å². The van der Waals surface area contributed by atoms with E-state index < -0.39 is 5.54 Å². The lowest BCUT2D eigenvalue weighted by molar-refractivity contribution is -0.946. The van der Waals surface area contributed by atoms with E-state index >= 15 is 0 Å². The van der Waals surface area contributed by atoms with E-state index in [4.69, 9.17) is 16.3 Å².